The summed E-state index contributed by atoms with van der Waals surface area (Å²) < 4.78 is 0. The molecule has 2 nitrogen and oxygen atoms in total. The van der Waals surface area contributed by atoms with Gasteiger partial charge >= 0.3 is 1.43 Å². The fourth-order valence-electron chi connectivity index (χ4n) is 0.156. The Kier molecular flexibility index (Phi) is 3.50. The van der Waals surface area contributed by atoms with Crippen LogP contribution in [0.4, 0.5) is 0 Å². The van der Waals surface area contributed by atoms with E-state index >= 15 is 0 Å². The molecular weight excluding hydrogens is 110 g/mol. The third-order valence-corrected chi connectivity index (χ3v) is 0.549. The molecule has 0 spiro atoms. The number of rotatable bonds is 2. The second kappa shape index (κ2) is 3.74. The third kappa shape index (κ3) is 5.56. The minimum absolute atomic E-state index is 0. The van der Waals surface area contributed by atoms with E-state index in [0.29, 0.717) is 6.54 Å². The summed E-state index contributed by atoms with van der Waals surface area (Å²) in [6.07, 6.45) is 0. The van der Waals surface area contributed by atoms with Gasteiger partial charge in [0.1, 0.15) is 0 Å². The first-order chi connectivity index (χ1) is 3.27. The number of hydrogen-bond acceptors (Lipinski definition) is 2. The van der Waals surface area contributed by atoms with Gasteiger partial charge in [-0.15, -0.1) is 0 Å². The van der Waals surface area contributed by atoms with E-state index in [1.807, 2.05) is 0 Å². The molecule has 1 radical (unpaired) electrons. The van der Waals surface area contributed by atoms with Crippen molar-refractivity contribution in [3.8, 4) is 0 Å². The Bertz CT molecular complexity index is 86.1. The van der Waals surface area contributed by atoms with Crippen LogP contribution in [0.15, 0.2) is 0 Å². The highest BCUT2D eigenvalue weighted by Gasteiger charge is 1.81. The van der Waals surface area contributed by atoms with Gasteiger partial charge in [0.05, 0.1) is 0 Å². The molecule has 0 atom stereocenters. The lowest BCUT2D eigenvalue weighted by Gasteiger charge is -1.89. The van der Waals surface area contributed by atoms with Crippen molar-refractivity contribution in [3.63, 3.8) is 0 Å². The molecule has 39 valence electrons. The van der Waals surface area contributed by atoms with Gasteiger partial charge in [-0.2, -0.15) is 0 Å². The standard InChI is InChI=1S/C4H6NOS/c1-4(6)5-2-3-7/h3H,1-2H2,(H,5,6)/p+1. The molecule has 0 aliphatic rings. The van der Waals surface area contributed by atoms with Crippen molar-refractivity contribution in [1.82, 2.24) is 5.32 Å². The molecule has 3 heteroatoms. The quantitative estimate of drug-likeness (QED) is 0.518. The zero-order chi connectivity index (χ0) is 5.70. The molecule has 0 aromatic heterocycles. The van der Waals surface area contributed by atoms with Gasteiger partial charge in [0.15, 0.2) is 0 Å². The fourth-order valence-corrected chi connectivity index (χ4v) is 0.239. The zero-order valence-electron chi connectivity index (χ0n) is 4.81. The van der Waals surface area contributed by atoms with Crippen molar-refractivity contribution >= 4 is 23.5 Å². The van der Waals surface area contributed by atoms with Crippen LogP contribution < -0.4 is 5.32 Å². The van der Waals surface area contributed by atoms with Crippen LogP contribution in [-0.4, -0.2) is 17.8 Å². The Hall–Kier alpha value is -0.440. The van der Waals surface area contributed by atoms with Crippen LogP contribution in [0.5, 0.6) is 0 Å². The highest BCUT2D eigenvalue weighted by atomic mass is 32.1. The van der Waals surface area contributed by atoms with Gasteiger partial charge in [-0.1, -0.05) is 12.2 Å². The van der Waals surface area contributed by atoms with Gasteiger partial charge < -0.3 is 5.32 Å². The molecule has 0 aliphatic carbocycles. The van der Waals surface area contributed by atoms with Crippen LogP contribution in [0.25, 0.3) is 0 Å². The Labute approximate surface area is 49.4 Å². The first-order valence-electron chi connectivity index (χ1n) is 1.81. The second-order valence-corrected chi connectivity index (χ2v) is 1.30. The summed E-state index contributed by atoms with van der Waals surface area (Å²) in [6, 6.07) is 0. The molecule has 0 aliphatic heterocycles. The minimum Gasteiger partial charge on any atom is -0.352 e. The van der Waals surface area contributed by atoms with E-state index in [1.165, 1.54) is 5.37 Å². The summed E-state index contributed by atoms with van der Waals surface area (Å²) >= 11 is 4.40. The van der Waals surface area contributed by atoms with Gasteiger partial charge in [-0.25, -0.2) is 0 Å². The summed E-state index contributed by atoms with van der Waals surface area (Å²) in [5.74, 6) is -0.291. The SMILES string of the molecule is [CH2]C(=O)NCC=S.[H+]. The molecule has 0 fully saturated rings. The first-order valence-corrected chi connectivity index (χ1v) is 2.28. The Balaban J connectivity index is 0. The van der Waals surface area contributed by atoms with E-state index in [-0.39, 0.29) is 7.33 Å². The van der Waals surface area contributed by atoms with E-state index in [4.69, 9.17) is 0 Å². The monoisotopic (exact) mass is 117 g/mol. The molecule has 1 amide bonds. The van der Waals surface area contributed by atoms with Crippen molar-refractivity contribution in [2.45, 2.75) is 0 Å². The third-order valence-electron chi connectivity index (χ3n) is 0.383. The lowest BCUT2D eigenvalue weighted by molar-refractivity contribution is -0.116. The van der Waals surface area contributed by atoms with Crippen molar-refractivity contribution in [2.24, 2.45) is 0 Å². The van der Waals surface area contributed by atoms with Gasteiger partial charge in [0.2, 0.25) is 5.91 Å². The summed E-state index contributed by atoms with van der Waals surface area (Å²) in [6.45, 7) is 3.49. The number of hydrogen-bond donors (Lipinski definition) is 1. The molecule has 7 heavy (non-hydrogen) atoms. The van der Waals surface area contributed by atoms with Crippen LogP contribution in [0.2, 0.25) is 0 Å². The second-order valence-electron chi connectivity index (χ2n) is 0.971. The number of amides is 1. The van der Waals surface area contributed by atoms with E-state index in [2.05, 4.69) is 24.5 Å². The van der Waals surface area contributed by atoms with E-state index in [9.17, 15) is 4.79 Å². The summed E-state index contributed by atoms with van der Waals surface area (Å²) in [5.41, 5.74) is 0. The maximum atomic E-state index is 9.91. The van der Waals surface area contributed by atoms with Gasteiger partial charge in [0.25, 0.3) is 0 Å². The molecule has 0 aromatic carbocycles. The van der Waals surface area contributed by atoms with Crippen molar-refractivity contribution < 1.29 is 6.22 Å². The average Bonchev–Trinajstić information content (AvgIpc) is 1.61. The van der Waals surface area contributed by atoms with E-state index in [0.717, 1.165) is 0 Å². The normalized spacial score (nSPS) is 7.57. The van der Waals surface area contributed by atoms with Crippen LogP contribution in [0.1, 0.15) is 1.43 Å². The number of carbonyl (C=O) groups excluding carboxylic acids is 1. The average molecular weight is 117 g/mol. The topological polar surface area (TPSA) is 29.1 Å². The molecule has 0 saturated heterocycles. The van der Waals surface area contributed by atoms with Crippen LogP contribution in [0.3, 0.4) is 0 Å². The van der Waals surface area contributed by atoms with Crippen molar-refractivity contribution in [2.75, 3.05) is 6.54 Å². The van der Waals surface area contributed by atoms with Crippen LogP contribution >= 0.6 is 12.2 Å². The summed E-state index contributed by atoms with van der Waals surface area (Å²) in [7, 11) is 0. The highest BCUT2D eigenvalue weighted by molar-refractivity contribution is 7.79. The smallest absolute Gasteiger partial charge is 0.352 e. The molecule has 1 N–H and O–H groups in total. The molecule has 0 bridgehead atoms. The fraction of sp³-hybridized carbons (Fsp3) is 0.250. The lowest BCUT2D eigenvalue weighted by Crippen LogP contribution is -2.21. The molecule has 0 unspecified atom stereocenters. The Morgan fingerprint density at radius 2 is 2.71 bits per heavy atom. The lowest BCUT2D eigenvalue weighted by atomic mass is 10.6. The van der Waals surface area contributed by atoms with Crippen LogP contribution in [-0.2, 0) is 4.79 Å². The number of nitrogens with one attached hydrogen (secondary N) is 1. The van der Waals surface area contributed by atoms with E-state index in [1.54, 1.807) is 0 Å². The maximum absolute atomic E-state index is 9.91. The minimum atomic E-state index is -0.291. The van der Waals surface area contributed by atoms with Gasteiger partial charge in [0, 0.05) is 13.5 Å². The highest BCUT2D eigenvalue weighted by Crippen LogP contribution is 1.54. The van der Waals surface area contributed by atoms with Crippen molar-refractivity contribution in [1.29, 1.82) is 0 Å². The molecule has 0 saturated carbocycles. The Morgan fingerprint density at radius 3 is 2.86 bits per heavy atom. The van der Waals surface area contributed by atoms with Gasteiger partial charge in [-0.05, 0) is 5.37 Å². The largest absolute Gasteiger partial charge is 1.00 e. The van der Waals surface area contributed by atoms with Crippen molar-refractivity contribution in [3.05, 3.63) is 6.92 Å². The van der Waals surface area contributed by atoms with E-state index < -0.39 is 0 Å². The molecular formula is C4H7NOS+. The number of carbonyl (C=O) groups is 1. The Morgan fingerprint density at radius 1 is 2.14 bits per heavy atom. The summed E-state index contributed by atoms with van der Waals surface area (Å²) in [4.78, 5) is 9.91. The molecule has 0 rings (SSSR count). The number of thiocarbonyl (C=S) groups is 1. The predicted molar refractivity (Wildman–Crippen MR) is 33.1 cm³/mol. The molecule has 0 heterocycles. The van der Waals surface area contributed by atoms with Crippen LogP contribution in [0, 0.1) is 6.92 Å². The van der Waals surface area contributed by atoms with Gasteiger partial charge in [-0.3, -0.25) is 4.79 Å². The first kappa shape index (κ1) is 6.56. The zero-order valence-corrected chi connectivity index (χ0v) is 4.62. The maximum Gasteiger partial charge on any atom is 1.00 e. The molecule has 0 aromatic rings. The summed E-state index contributed by atoms with van der Waals surface area (Å²) in [5, 5.41) is 3.82. The predicted octanol–water partition coefficient (Wildman–Crippen LogP) is 0.0489.